The van der Waals surface area contributed by atoms with E-state index in [4.69, 9.17) is 0 Å². The second-order valence-corrected chi connectivity index (χ2v) is 1.49. The van der Waals surface area contributed by atoms with Crippen LogP contribution in [0.3, 0.4) is 0 Å². The standard InChI is InChI=1S/C6H3NO3/c8-3-6-5(7-4-9)1-2-10-6/h1-3H. The molecule has 1 rings (SSSR count). The van der Waals surface area contributed by atoms with Gasteiger partial charge in [-0.25, -0.2) is 4.79 Å². The summed E-state index contributed by atoms with van der Waals surface area (Å²) in [6.45, 7) is 0. The summed E-state index contributed by atoms with van der Waals surface area (Å²) in [5.41, 5.74) is 0.213. The lowest BCUT2D eigenvalue weighted by molar-refractivity contribution is 0.110. The monoisotopic (exact) mass is 137 g/mol. The lowest BCUT2D eigenvalue weighted by Gasteiger charge is -1.78. The van der Waals surface area contributed by atoms with Gasteiger partial charge in [-0.1, -0.05) is 0 Å². The minimum absolute atomic E-state index is 0.0448. The maximum Gasteiger partial charge on any atom is 0.240 e. The zero-order valence-corrected chi connectivity index (χ0v) is 4.90. The number of rotatable bonds is 2. The summed E-state index contributed by atoms with van der Waals surface area (Å²) in [4.78, 5) is 23.0. The van der Waals surface area contributed by atoms with Crippen LogP contribution in [0.15, 0.2) is 21.7 Å². The topological polar surface area (TPSA) is 59.6 Å². The van der Waals surface area contributed by atoms with Crippen molar-refractivity contribution in [2.45, 2.75) is 0 Å². The minimum Gasteiger partial charge on any atom is -0.459 e. The molecule has 0 unspecified atom stereocenters. The van der Waals surface area contributed by atoms with Crippen LogP contribution in [0.1, 0.15) is 10.6 Å². The summed E-state index contributed by atoms with van der Waals surface area (Å²) in [7, 11) is 0. The van der Waals surface area contributed by atoms with Gasteiger partial charge in [-0.15, -0.1) is 0 Å². The molecule has 0 aliphatic heterocycles. The van der Waals surface area contributed by atoms with E-state index in [0.717, 1.165) is 0 Å². The van der Waals surface area contributed by atoms with Crippen molar-refractivity contribution in [1.82, 2.24) is 0 Å². The first-order valence-corrected chi connectivity index (χ1v) is 2.49. The average Bonchev–Trinajstić information content (AvgIpc) is 2.36. The van der Waals surface area contributed by atoms with Gasteiger partial charge in [-0.3, -0.25) is 4.79 Å². The number of isocyanates is 1. The molecule has 0 aromatic carbocycles. The molecule has 0 atom stereocenters. The summed E-state index contributed by atoms with van der Waals surface area (Å²) in [6.07, 6.45) is 3.06. The van der Waals surface area contributed by atoms with E-state index in [1.165, 1.54) is 18.4 Å². The Morgan fingerprint density at radius 2 is 2.50 bits per heavy atom. The van der Waals surface area contributed by atoms with Crippen LogP contribution >= 0.6 is 0 Å². The number of aldehydes is 1. The van der Waals surface area contributed by atoms with Crippen molar-refractivity contribution in [3.05, 3.63) is 18.1 Å². The number of carbonyl (C=O) groups is 1. The molecule has 0 bridgehead atoms. The molecule has 4 nitrogen and oxygen atoms in total. The Morgan fingerprint density at radius 1 is 1.70 bits per heavy atom. The summed E-state index contributed by atoms with van der Waals surface area (Å²) in [6, 6.07) is 1.41. The van der Waals surface area contributed by atoms with Gasteiger partial charge in [0.25, 0.3) is 0 Å². The van der Waals surface area contributed by atoms with E-state index < -0.39 is 0 Å². The predicted molar refractivity (Wildman–Crippen MR) is 31.9 cm³/mol. The molecule has 1 heterocycles. The van der Waals surface area contributed by atoms with Crippen molar-refractivity contribution < 1.29 is 14.0 Å². The summed E-state index contributed by atoms with van der Waals surface area (Å²) >= 11 is 0. The molecule has 0 saturated heterocycles. The molecular formula is C6H3NO3. The third-order valence-electron chi connectivity index (χ3n) is 0.947. The molecule has 0 fully saturated rings. The highest BCUT2D eigenvalue weighted by Gasteiger charge is 2.01. The van der Waals surface area contributed by atoms with Gasteiger partial charge < -0.3 is 4.42 Å². The molecule has 50 valence electrons. The Hall–Kier alpha value is -1.67. The Morgan fingerprint density at radius 3 is 3.10 bits per heavy atom. The lowest BCUT2D eigenvalue weighted by atomic mass is 10.4. The van der Waals surface area contributed by atoms with Crippen LogP contribution < -0.4 is 0 Å². The van der Waals surface area contributed by atoms with Gasteiger partial charge >= 0.3 is 0 Å². The smallest absolute Gasteiger partial charge is 0.240 e. The molecule has 0 amide bonds. The summed E-state index contributed by atoms with van der Waals surface area (Å²) in [5, 5.41) is 0. The van der Waals surface area contributed by atoms with Crippen molar-refractivity contribution in [1.29, 1.82) is 0 Å². The Labute approximate surface area is 56.2 Å². The highest BCUT2D eigenvalue weighted by atomic mass is 16.3. The first-order chi connectivity index (χ1) is 4.88. The SMILES string of the molecule is O=C=Nc1ccoc1C=O. The number of carbonyl (C=O) groups excluding carboxylic acids is 2. The van der Waals surface area contributed by atoms with E-state index in [2.05, 4.69) is 9.41 Å². The second kappa shape index (κ2) is 2.75. The number of nitrogens with zero attached hydrogens (tertiary/aromatic N) is 1. The largest absolute Gasteiger partial charge is 0.459 e. The van der Waals surface area contributed by atoms with Gasteiger partial charge in [0.15, 0.2) is 12.0 Å². The highest BCUT2D eigenvalue weighted by molar-refractivity contribution is 5.79. The molecular weight excluding hydrogens is 134 g/mol. The Kier molecular flexibility index (Phi) is 1.78. The van der Waals surface area contributed by atoms with Gasteiger partial charge in [-0.2, -0.15) is 4.99 Å². The van der Waals surface area contributed by atoms with Crippen molar-refractivity contribution in [2.75, 3.05) is 0 Å². The third kappa shape index (κ3) is 1.01. The zero-order chi connectivity index (χ0) is 7.40. The molecule has 0 saturated carbocycles. The normalized spacial score (nSPS) is 8.40. The van der Waals surface area contributed by atoms with Gasteiger partial charge in [0.05, 0.1) is 6.26 Å². The first-order valence-electron chi connectivity index (χ1n) is 2.49. The van der Waals surface area contributed by atoms with Crippen molar-refractivity contribution in [3.8, 4) is 0 Å². The van der Waals surface area contributed by atoms with E-state index in [1.54, 1.807) is 0 Å². The Balaban J connectivity index is 3.12. The average molecular weight is 137 g/mol. The van der Waals surface area contributed by atoms with E-state index >= 15 is 0 Å². The number of hydrogen-bond acceptors (Lipinski definition) is 4. The molecule has 0 radical (unpaired) electrons. The first kappa shape index (κ1) is 6.45. The van der Waals surface area contributed by atoms with E-state index in [9.17, 15) is 9.59 Å². The Bertz CT molecular complexity index is 283. The van der Waals surface area contributed by atoms with Crippen LogP contribution in [-0.4, -0.2) is 12.4 Å². The van der Waals surface area contributed by atoms with Crippen molar-refractivity contribution >= 4 is 18.1 Å². The fourth-order valence-corrected chi connectivity index (χ4v) is 0.544. The highest BCUT2D eigenvalue weighted by Crippen LogP contribution is 2.16. The van der Waals surface area contributed by atoms with Crippen LogP contribution in [0.4, 0.5) is 5.69 Å². The van der Waals surface area contributed by atoms with Crippen molar-refractivity contribution in [3.63, 3.8) is 0 Å². The summed E-state index contributed by atoms with van der Waals surface area (Å²) < 4.78 is 4.63. The second-order valence-electron chi connectivity index (χ2n) is 1.49. The van der Waals surface area contributed by atoms with Crippen LogP contribution in [0.25, 0.3) is 0 Å². The third-order valence-corrected chi connectivity index (χ3v) is 0.947. The molecule has 1 aromatic heterocycles. The zero-order valence-electron chi connectivity index (χ0n) is 4.90. The summed E-state index contributed by atoms with van der Waals surface area (Å²) in [5.74, 6) is 0.0448. The quantitative estimate of drug-likeness (QED) is 0.348. The molecule has 0 aliphatic rings. The van der Waals surface area contributed by atoms with Crippen LogP contribution in [0.5, 0.6) is 0 Å². The van der Waals surface area contributed by atoms with E-state index in [0.29, 0.717) is 6.29 Å². The molecule has 0 N–H and O–H groups in total. The maximum absolute atomic E-state index is 10.1. The van der Waals surface area contributed by atoms with E-state index in [1.807, 2.05) is 0 Å². The molecule has 10 heavy (non-hydrogen) atoms. The maximum atomic E-state index is 10.1. The van der Waals surface area contributed by atoms with E-state index in [-0.39, 0.29) is 11.4 Å². The number of furan rings is 1. The van der Waals surface area contributed by atoms with Gasteiger partial charge in [0.2, 0.25) is 6.08 Å². The van der Waals surface area contributed by atoms with Gasteiger partial charge in [-0.05, 0) is 0 Å². The molecule has 0 aliphatic carbocycles. The number of hydrogen-bond donors (Lipinski definition) is 0. The fourth-order valence-electron chi connectivity index (χ4n) is 0.544. The molecule has 1 aromatic rings. The van der Waals surface area contributed by atoms with Crippen LogP contribution in [0, 0.1) is 0 Å². The fraction of sp³-hybridized carbons (Fsp3) is 0. The van der Waals surface area contributed by atoms with Crippen molar-refractivity contribution in [2.24, 2.45) is 4.99 Å². The van der Waals surface area contributed by atoms with Crippen LogP contribution in [0.2, 0.25) is 0 Å². The molecule has 0 spiro atoms. The predicted octanol–water partition coefficient (Wildman–Crippen LogP) is 1.06. The van der Waals surface area contributed by atoms with Gasteiger partial charge in [0, 0.05) is 6.07 Å². The number of aliphatic imine (C=N–C) groups is 1. The molecule has 4 heteroatoms. The lowest BCUT2D eigenvalue weighted by Crippen LogP contribution is -1.70. The minimum atomic E-state index is 0.0448. The van der Waals surface area contributed by atoms with Crippen LogP contribution in [-0.2, 0) is 4.79 Å². The van der Waals surface area contributed by atoms with Gasteiger partial charge in [0.1, 0.15) is 5.69 Å².